The van der Waals surface area contributed by atoms with E-state index in [2.05, 4.69) is 16.0 Å². The maximum atomic E-state index is 13.6. The zero-order valence-corrected chi connectivity index (χ0v) is 31.5. The van der Waals surface area contributed by atoms with Gasteiger partial charge in [-0.1, -0.05) is 18.3 Å². The van der Waals surface area contributed by atoms with Gasteiger partial charge in [-0.25, -0.2) is 29.1 Å². The van der Waals surface area contributed by atoms with Gasteiger partial charge in [0.05, 0.1) is 18.3 Å². The fraction of sp³-hybridized carbons (Fsp3) is 0.395. The van der Waals surface area contributed by atoms with Gasteiger partial charge in [0.15, 0.2) is 5.13 Å². The standard InChI is InChI=1S/C38H41FN10O4S/c1-6-28-33(45(5)36-44-32(30(18-40)54-36)23-7-10-26(39)11-8-23)49-21-24(9-12-31(49)43-28)25-19-41-35(42-20-25)47-15-13-46(14-16-47)34(51)29-17-27(50)22-48(29)37(52)53-38(2,3)4/h7-12,19-21,27,29,50H,6,13-17,22H2,1-5H3/t27-,29-/m1/s1. The van der Waals surface area contributed by atoms with Gasteiger partial charge in [0.25, 0.3) is 0 Å². The largest absolute Gasteiger partial charge is 0.444 e. The molecule has 16 heteroatoms. The van der Waals surface area contributed by atoms with Crippen LogP contribution < -0.4 is 9.80 Å². The topological polar surface area (TPSA) is 156 Å². The molecule has 0 bridgehead atoms. The van der Waals surface area contributed by atoms with Crippen LogP contribution in [-0.4, -0.2) is 109 Å². The first kappa shape index (κ1) is 36.7. The van der Waals surface area contributed by atoms with Crippen molar-refractivity contribution in [2.45, 2.75) is 58.3 Å². The van der Waals surface area contributed by atoms with Gasteiger partial charge in [0.2, 0.25) is 11.9 Å². The highest BCUT2D eigenvalue weighted by atomic mass is 32.1. The van der Waals surface area contributed by atoms with Crippen LogP contribution in [0.5, 0.6) is 0 Å². The molecule has 0 aliphatic carbocycles. The molecule has 14 nitrogen and oxygen atoms in total. The summed E-state index contributed by atoms with van der Waals surface area (Å²) in [5, 5.41) is 20.8. The zero-order valence-electron chi connectivity index (χ0n) is 30.7. The number of aromatic nitrogens is 5. The molecule has 2 saturated heterocycles. The number of carbonyl (C=O) groups excluding carboxylic acids is 2. The number of hydrogen-bond donors (Lipinski definition) is 1. The molecule has 1 N–H and O–H groups in total. The molecule has 2 aliphatic rings. The molecule has 2 aliphatic heterocycles. The summed E-state index contributed by atoms with van der Waals surface area (Å²) in [7, 11) is 1.89. The molecule has 0 saturated carbocycles. The third-order valence-corrected chi connectivity index (χ3v) is 10.5. The van der Waals surface area contributed by atoms with Crippen LogP contribution in [0.3, 0.4) is 0 Å². The number of hydrogen-bond acceptors (Lipinski definition) is 12. The van der Waals surface area contributed by atoms with E-state index in [-0.39, 0.29) is 24.7 Å². The number of amides is 2. The maximum absolute atomic E-state index is 13.6. The molecule has 54 heavy (non-hydrogen) atoms. The van der Waals surface area contributed by atoms with E-state index in [0.29, 0.717) is 59.8 Å². The normalized spacial score (nSPS) is 17.6. The number of benzene rings is 1. The Morgan fingerprint density at radius 3 is 2.37 bits per heavy atom. The Hall–Kier alpha value is -5.66. The minimum Gasteiger partial charge on any atom is -0.444 e. The number of fused-ring (bicyclic) bond motifs is 1. The van der Waals surface area contributed by atoms with E-state index in [1.165, 1.54) is 28.4 Å². The monoisotopic (exact) mass is 752 g/mol. The zero-order chi connectivity index (χ0) is 38.3. The van der Waals surface area contributed by atoms with Crippen molar-refractivity contribution in [2.24, 2.45) is 0 Å². The number of β-amino-alcohol motifs (C(OH)–C–C–N with tert-alkyl or cyclic N) is 1. The van der Waals surface area contributed by atoms with E-state index in [1.807, 2.05) is 46.5 Å². The molecule has 7 rings (SSSR count). The summed E-state index contributed by atoms with van der Waals surface area (Å²) >= 11 is 1.26. The molecule has 0 radical (unpaired) electrons. The lowest BCUT2D eigenvalue weighted by atomic mass is 10.1. The number of thiazole rings is 1. The molecule has 280 valence electrons. The van der Waals surface area contributed by atoms with Crippen molar-refractivity contribution in [3.63, 3.8) is 0 Å². The average molecular weight is 753 g/mol. The molecular weight excluding hydrogens is 712 g/mol. The van der Waals surface area contributed by atoms with Gasteiger partial charge in [-0.15, -0.1) is 0 Å². The molecule has 2 atom stereocenters. The Morgan fingerprint density at radius 2 is 1.72 bits per heavy atom. The number of piperazine rings is 1. The first-order chi connectivity index (χ1) is 25.8. The van der Waals surface area contributed by atoms with E-state index in [9.17, 15) is 24.3 Å². The summed E-state index contributed by atoms with van der Waals surface area (Å²) in [5.74, 6) is 0.796. The summed E-state index contributed by atoms with van der Waals surface area (Å²) < 4.78 is 21.1. The van der Waals surface area contributed by atoms with Crippen LogP contribution in [0.2, 0.25) is 0 Å². The van der Waals surface area contributed by atoms with E-state index in [0.717, 1.165) is 28.3 Å². The lowest BCUT2D eigenvalue weighted by Gasteiger charge is -2.37. The van der Waals surface area contributed by atoms with Crippen molar-refractivity contribution < 1.29 is 23.8 Å². The molecule has 2 amide bonds. The number of likely N-dealkylation sites (tertiary alicyclic amines) is 1. The van der Waals surface area contributed by atoms with Gasteiger partial charge in [-0.2, -0.15) is 5.26 Å². The lowest BCUT2D eigenvalue weighted by molar-refractivity contribution is -0.136. The minimum absolute atomic E-state index is 0.0613. The maximum Gasteiger partial charge on any atom is 0.411 e. The highest BCUT2D eigenvalue weighted by Gasteiger charge is 2.43. The smallest absolute Gasteiger partial charge is 0.411 e. The van der Waals surface area contributed by atoms with Crippen LogP contribution in [-0.2, 0) is 16.0 Å². The van der Waals surface area contributed by atoms with Gasteiger partial charge >= 0.3 is 6.09 Å². The predicted octanol–water partition coefficient (Wildman–Crippen LogP) is 5.27. The number of aryl methyl sites for hydroxylation is 1. The van der Waals surface area contributed by atoms with Gasteiger partial charge in [0.1, 0.15) is 45.6 Å². The predicted molar refractivity (Wildman–Crippen MR) is 202 cm³/mol. The number of nitrogens with zero attached hydrogens (tertiary/aromatic N) is 10. The van der Waals surface area contributed by atoms with Crippen LogP contribution in [0.15, 0.2) is 55.0 Å². The first-order valence-corrected chi connectivity index (χ1v) is 18.6. The fourth-order valence-corrected chi connectivity index (χ4v) is 7.66. The first-order valence-electron chi connectivity index (χ1n) is 17.8. The number of pyridine rings is 1. The molecule has 4 aromatic heterocycles. The Labute approximate surface area is 316 Å². The highest BCUT2D eigenvalue weighted by molar-refractivity contribution is 7.16. The Balaban J connectivity index is 1.06. The van der Waals surface area contributed by atoms with Gasteiger partial charge < -0.3 is 24.5 Å². The van der Waals surface area contributed by atoms with Gasteiger partial charge in [0, 0.05) is 74.9 Å². The van der Waals surface area contributed by atoms with Crippen molar-refractivity contribution in [3.8, 4) is 28.5 Å². The Bertz CT molecular complexity index is 2220. The molecule has 1 aromatic carbocycles. The summed E-state index contributed by atoms with van der Waals surface area (Å²) in [6, 6.07) is 11.3. The molecular formula is C38H41FN10O4S. The van der Waals surface area contributed by atoms with E-state index >= 15 is 0 Å². The summed E-state index contributed by atoms with van der Waals surface area (Å²) in [6.07, 6.45) is 4.99. The minimum atomic E-state index is -0.784. The number of nitriles is 1. The fourth-order valence-electron chi connectivity index (χ4n) is 6.81. The number of halogens is 1. The second kappa shape index (κ2) is 14.6. The summed E-state index contributed by atoms with van der Waals surface area (Å²) in [4.78, 5) is 52.8. The number of anilines is 3. The van der Waals surface area contributed by atoms with Gasteiger partial charge in [-0.3, -0.25) is 14.1 Å². The van der Waals surface area contributed by atoms with E-state index in [1.54, 1.807) is 50.2 Å². The third kappa shape index (κ3) is 7.29. The molecule has 0 spiro atoms. The molecule has 0 unspecified atom stereocenters. The van der Waals surface area contributed by atoms with Crippen molar-refractivity contribution >= 4 is 45.9 Å². The molecule has 2 fully saturated rings. The average Bonchev–Trinajstić information content (AvgIpc) is 3.88. The molecule has 5 aromatic rings. The quantitative estimate of drug-likeness (QED) is 0.231. The van der Waals surface area contributed by atoms with Gasteiger partial charge in [-0.05, 0) is 63.6 Å². The van der Waals surface area contributed by atoms with Crippen LogP contribution in [0.1, 0.15) is 44.7 Å². The number of ether oxygens (including phenoxy) is 1. The Morgan fingerprint density at radius 1 is 1.04 bits per heavy atom. The van der Waals surface area contributed by atoms with Crippen LogP contribution >= 0.6 is 11.3 Å². The van der Waals surface area contributed by atoms with Crippen molar-refractivity contribution in [1.29, 1.82) is 5.26 Å². The third-order valence-electron chi connectivity index (χ3n) is 9.48. The Kier molecular flexibility index (Phi) is 9.94. The van der Waals surface area contributed by atoms with E-state index in [4.69, 9.17) is 14.7 Å². The number of carbonyl (C=O) groups is 2. The van der Waals surface area contributed by atoms with Crippen molar-refractivity contribution in [3.05, 3.63) is 71.4 Å². The number of aliphatic hydroxyl groups is 1. The second-order valence-electron chi connectivity index (χ2n) is 14.4. The lowest BCUT2D eigenvalue weighted by Crippen LogP contribution is -2.55. The second-order valence-corrected chi connectivity index (χ2v) is 15.3. The van der Waals surface area contributed by atoms with Crippen LogP contribution in [0, 0.1) is 17.1 Å². The van der Waals surface area contributed by atoms with Crippen LogP contribution in [0.25, 0.3) is 28.0 Å². The number of aliphatic hydroxyl groups excluding tert-OH is 1. The highest BCUT2D eigenvalue weighted by Crippen LogP contribution is 2.37. The summed E-state index contributed by atoms with van der Waals surface area (Å²) in [5.41, 5.74) is 3.73. The SMILES string of the molecule is CCc1nc2ccc(-c3cnc(N4CCN(C(=O)[C@H]5C[C@@H](O)CN5C(=O)OC(C)(C)C)CC4)nc3)cn2c1N(C)c1nc(-c2ccc(F)cc2)c(C#N)s1. The number of imidazole rings is 1. The van der Waals surface area contributed by atoms with E-state index < -0.39 is 23.8 Å². The van der Waals surface area contributed by atoms with Crippen LogP contribution in [0.4, 0.5) is 26.1 Å². The van der Waals surface area contributed by atoms with Crippen molar-refractivity contribution in [1.82, 2.24) is 34.1 Å². The summed E-state index contributed by atoms with van der Waals surface area (Å²) in [6.45, 7) is 9.26. The number of rotatable bonds is 7. The van der Waals surface area contributed by atoms with Crippen molar-refractivity contribution in [2.75, 3.05) is 49.6 Å². The molecule has 6 heterocycles.